The third-order valence-corrected chi connectivity index (χ3v) is 4.59. The highest BCUT2D eigenvalue weighted by molar-refractivity contribution is 6.39. The average Bonchev–Trinajstić information content (AvgIpc) is 2.89. The molecule has 0 aliphatic carbocycles. The summed E-state index contributed by atoms with van der Waals surface area (Å²) in [5.41, 5.74) is 2.16. The van der Waals surface area contributed by atoms with Gasteiger partial charge >= 0.3 is 5.97 Å². The van der Waals surface area contributed by atoms with Crippen molar-refractivity contribution < 1.29 is 14.3 Å². The van der Waals surface area contributed by atoms with Crippen molar-refractivity contribution in [2.45, 2.75) is 20.0 Å². The Morgan fingerprint density at radius 2 is 1.64 bits per heavy atom. The van der Waals surface area contributed by atoms with E-state index in [4.69, 9.17) is 27.9 Å². The van der Waals surface area contributed by atoms with Crippen LogP contribution in [0.4, 0.5) is 0 Å². The van der Waals surface area contributed by atoms with Gasteiger partial charge in [0.15, 0.2) is 6.10 Å². The van der Waals surface area contributed by atoms with E-state index in [0.29, 0.717) is 5.56 Å². The van der Waals surface area contributed by atoms with Crippen LogP contribution in [0.2, 0.25) is 10.0 Å². The maximum atomic E-state index is 12.8. The number of hydrogen-bond acceptors (Lipinski definition) is 3. The molecule has 0 aliphatic heterocycles. The number of ether oxygens (including phenoxy) is 1. The largest absolute Gasteiger partial charge is 0.451 e. The van der Waals surface area contributed by atoms with Gasteiger partial charge in [-0.2, -0.15) is 0 Å². The quantitative estimate of drug-likeness (QED) is 0.502. The van der Waals surface area contributed by atoms with Gasteiger partial charge in [0, 0.05) is 22.2 Å². The molecule has 2 aromatic carbocycles. The molecule has 1 N–H and O–H groups in total. The Morgan fingerprint density at radius 1 is 1.00 bits per heavy atom. The van der Waals surface area contributed by atoms with Crippen LogP contribution in [0, 0.1) is 6.92 Å². The number of hydrogen-bond donors (Lipinski definition) is 1. The van der Waals surface area contributed by atoms with Gasteiger partial charge in [-0.15, -0.1) is 0 Å². The standard InChI is InChI=1S/C19H15Cl2NO3/c1-10-16(12-6-3-4-9-15(12)22-10)18(23)11(2)25-19(24)17-13(20)7-5-8-14(17)21/h3-9,11,22H,1-2H3/t11-/m0/s1. The van der Waals surface area contributed by atoms with E-state index in [1.165, 1.54) is 6.92 Å². The zero-order valence-electron chi connectivity index (χ0n) is 13.6. The molecule has 3 rings (SSSR count). The number of fused-ring (bicyclic) bond motifs is 1. The Kier molecular flexibility index (Phi) is 4.84. The summed E-state index contributed by atoms with van der Waals surface area (Å²) < 4.78 is 5.32. The first-order chi connectivity index (χ1) is 11.9. The van der Waals surface area contributed by atoms with Gasteiger partial charge in [0.05, 0.1) is 15.6 Å². The monoisotopic (exact) mass is 375 g/mol. The van der Waals surface area contributed by atoms with Gasteiger partial charge in [-0.25, -0.2) is 4.79 Å². The lowest BCUT2D eigenvalue weighted by atomic mass is 10.0. The lowest BCUT2D eigenvalue weighted by molar-refractivity contribution is 0.0319. The molecule has 0 aliphatic rings. The minimum absolute atomic E-state index is 0.0566. The van der Waals surface area contributed by atoms with Crippen molar-refractivity contribution in [2.24, 2.45) is 0 Å². The van der Waals surface area contributed by atoms with Crippen LogP contribution in [-0.2, 0) is 4.74 Å². The summed E-state index contributed by atoms with van der Waals surface area (Å²) in [5, 5.41) is 1.16. The zero-order valence-corrected chi connectivity index (χ0v) is 15.1. The lowest BCUT2D eigenvalue weighted by Crippen LogP contribution is -2.25. The van der Waals surface area contributed by atoms with E-state index in [-0.39, 0.29) is 21.4 Å². The van der Waals surface area contributed by atoms with Gasteiger partial charge in [-0.3, -0.25) is 4.79 Å². The van der Waals surface area contributed by atoms with E-state index >= 15 is 0 Å². The molecule has 1 atom stereocenters. The van der Waals surface area contributed by atoms with Crippen molar-refractivity contribution in [1.29, 1.82) is 0 Å². The molecule has 0 radical (unpaired) electrons. The summed E-state index contributed by atoms with van der Waals surface area (Å²) in [4.78, 5) is 28.3. The van der Waals surface area contributed by atoms with E-state index in [0.717, 1.165) is 16.6 Å². The van der Waals surface area contributed by atoms with Crippen molar-refractivity contribution in [3.05, 3.63) is 69.3 Å². The van der Waals surface area contributed by atoms with Gasteiger partial charge in [0.2, 0.25) is 5.78 Å². The fourth-order valence-corrected chi connectivity index (χ4v) is 3.31. The van der Waals surface area contributed by atoms with Crippen molar-refractivity contribution in [2.75, 3.05) is 0 Å². The normalized spacial score (nSPS) is 12.2. The summed E-state index contributed by atoms with van der Waals surface area (Å²) >= 11 is 12.0. The number of aryl methyl sites for hydroxylation is 1. The summed E-state index contributed by atoms with van der Waals surface area (Å²) in [6, 6.07) is 12.2. The van der Waals surface area contributed by atoms with Crippen LogP contribution >= 0.6 is 23.2 Å². The molecular formula is C19H15Cl2NO3. The van der Waals surface area contributed by atoms with Crippen LogP contribution in [0.5, 0.6) is 0 Å². The molecule has 1 aromatic heterocycles. The van der Waals surface area contributed by atoms with Crippen LogP contribution in [-0.4, -0.2) is 22.8 Å². The first-order valence-electron chi connectivity index (χ1n) is 7.66. The number of para-hydroxylation sites is 1. The van der Waals surface area contributed by atoms with Crippen molar-refractivity contribution >= 4 is 45.9 Å². The molecule has 0 unspecified atom stereocenters. The number of halogens is 2. The molecule has 0 fully saturated rings. The number of H-pyrrole nitrogens is 1. The first-order valence-corrected chi connectivity index (χ1v) is 8.42. The number of Topliss-reactive ketones (excluding diaryl/α,β-unsaturated/α-hetero) is 1. The van der Waals surface area contributed by atoms with Gasteiger partial charge < -0.3 is 9.72 Å². The van der Waals surface area contributed by atoms with E-state index in [1.807, 2.05) is 31.2 Å². The Balaban J connectivity index is 1.88. The molecule has 4 nitrogen and oxygen atoms in total. The third kappa shape index (κ3) is 3.28. The summed E-state index contributed by atoms with van der Waals surface area (Å²) in [6.07, 6.45) is -0.974. The fraction of sp³-hybridized carbons (Fsp3) is 0.158. The Labute approximate surface area is 154 Å². The number of carbonyl (C=O) groups is 2. The molecule has 0 amide bonds. The van der Waals surface area contributed by atoms with Crippen molar-refractivity contribution in [1.82, 2.24) is 4.98 Å². The van der Waals surface area contributed by atoms with Gasteiger partial charge in [-0.1, -0.05) is 47.5 Å². The van der Waals surface area contributed by atoms with E-state index in [9.17, 15) is 9.59 Å². The number of nitrogens with one attached hydrogen (secondary N) is 1. The predicted octanol–water partition coefficient (Wildman–Crippen LogP) is 5.21. The molecule has 25 heavy (non-hydrogen) atoms. The van der Waals surface area contributed by atoms with Gasteiger partial charge in [-0.05, 0) is 32.0 Å². The molecule has 128 valence electrons. The highest BCUT2D eigenvalue weighted by atomic mass is 35.5. The molecule has 0 saturated carbocycles. The van der Waals surface area contributed by atoms with Crippen LogP contribution in [0.25, 0.3) is 10.9 Å². The summed E-state index contributed by atoms with van der Waals surface area (Å²) in [7, 11) is 0. The second kappa shape index (κ2) is 6.90. The number of aromatic nitrogens is 1. The SMILES string of the molecule is Cc1[nH]c2ccccc2c1C(=O)[C@H](C)OC(=O)c1c(Cl)cccc1Cl. The Bertz CT molecular complexity index is 958. The molecule has 0 bridgehead atoms. The highest BCUT2D eigenvalue weighted by Crippen LogP contribution is 2.27. The molecule has 0 saturated heterocycles. The fourth-order valence-electron chi connectivity index (χ4n) is 2.76. The predicted molar refractivity (Wildman–Crippen MR) is 98.7 cm³/mol. The van der Waals surface area contributed by atoms with Gasteiger partial charge in [0.1, 0.15) is 0 Å². The third-order valence-electron chi connectivity index (χ3n) is 3.96. The summed E-state index contributed by atoms with van der Waals surface area (Å²) in [6.45, 7) is 3.35. The smallest absolute Gasteiger partial charge is 0.341 e. The van der Waals surface area contributed by atoms with Crippen molar-refractivity contribution in [3.63, 3.8) is 0 Å². The number of benzene rings is 2. The minimum atomic E-state index is -0.974. The van der Waals surface area contributed by atoms with Crippen LogP contribution in [0.15, 0.2) is 42.5 Å². The van der Waals surface area contributed by atoms with E-state index in [1.54, 1.807) is 18.2 Å². The number of rotatable bonds is 4. The van der Waals surface area contributed by atoms with E-state index in [2.05, 4.69) is 4.98 Å². The Hall–Kier alpha value is -2.30. The highest BCUT2D eigenvalue weighted by Gasteiger charge is 2.26. The maximum Gasteiger partial charge on any atom is 0.341 e. The molecule has 1 heterocycles. The van der Waals surface area contributed by atoms with Crippen molar-refractivity contribution in [3.8, 4) is 0 Å². The second-order valence-corrected chi connectivity index (χ2v) is 6.49. The van der Waals surface area contributed by atoms with Crippen LogP contribution in [0.3, 0.4) is 0 Å². The molecular weight excluding hydrogens is 361 g/mol. The van der Waals surface area contributed by atoms with Crippen LogP contribution in [0.1, 0.15) is 33.3 Å². The number of esters is 1. The maximum absolute atomic E-state index is 12.8. The number of aromatic amines is 1. The average molecular weight is 376 g/mol. The van der Waals surface area contributed by atoms with Gasteiger partial charge in [0.25, 0.3) is 0 Å². The molecule has 3 aromatic rings. The molecule has 0 spiro atoms. The summed E-state index contributed by atoms with van der Waals surface area (Å²) in [5.74, 6) is -1.01. The van der Waals surface area contributed by atoms with Crippen LogP contribution < -0.4 is 0 Å². The zero-order chi connectivity index (χ0) is 18.1. The topological polar surface area (TPSA) is 59.2 Å². The van der Waals surface area contributed by atoms with E-state index < -0.39 is 12.1 Å². The number of ketones is 1. The number of carbonyl (C=O) groups excluding carboxylic acids is 2. The Morgan fingerprint density at radius 3 is 2.32 bits per heavy atom. The minimum Gasteiger partial charge on any atom is -0.451 e. The second-order valence-electron chi connectivity index (χ2n) is 5.68. The lowest BCUT2D eigenvalue weighted by Gasteiger charge is -2.14. The first kappa shape index (κ1) is 17.5. The molecule has 6 heteroatoms.